The second kappa shape index (κ2) is 5.49. The SMILES string of the molecule is COc1ccccc1-c1nc(N)cc(C2CCCC2)n1. The highest BCUT2D eigenvalue weighted by molar-refractivity contribution is 5.65. The Labute approximate surface area is 119 Å². The Morgan fingerprint density at radius 2 is 1.90 bits per heavy atom. The van der Waals surface area contributed by atoms with Gasteiger partial charge < -0.3 is 10.5 Å². The van der Waals surface area contributed by atoms with Crippen molar-refractivity contribution in [3.05, 3.63) is 36.0 Å². The molecule has 2 N–H and O–H groups in total. The molecular formula is C16H19N3O. The number of nitrogens with two attached hydrogens (primary N) is 1. The van der Waals surface area contributed by atoms with Crippen LogP contribution in [0.2, 0.25) is 0 Å². The Balaban J connectivity index is 2.04. The Kier molecular flexibility index (Phi) is 3.54. The van der Waals surface area contributed by atoms with Crippen LogP contribution >= 0.6 is 0 Å². The van der Waals surface area contributed by atoms with Gasteiger partial charge in [0.2, 0.25) is 0 Å². The van der Waals surface area contributed by atoms with Gasteiger partial charge in [-0.15, -0.1) is 0 Å². The first kappa shape index (κ1) is 12.9. The van der Waals surface area contributed by atoms with Crippen LogP contribution in [-0.4, -0.2) is 17.1 Å². The monoisotopic (exact) mass is 269 g/mol. The number of hydrogen-bond donors (Lipinski definition) is 1. The van der Waals surface area contributed by atoms with Crippen LogP contribution in [0, 0.1) is 0 Å². The van der Waals surface area contributed by atoms with Gasteiger partial charge in [-0.2, -0.15) is 0 Å². The van der Waals surface area contributed by atoms with E-state index in [-0.39, 0.29) is 0 Å². The van der Waals surface area contributed by atoms with Crippen molar-refractivity contribution in [3.63, 3.8) is 0 Å². The van der Waals surface area contributed by atoms with E-state index in [1.807, 2.05) is 30.3 Å². The molecule has 0 saturated heterocycles. The molecule has 2 aromatic rings. The second-order valence-corrected chi connectivity index (χ2v) is 5.22. The summed E-state index contributed by atoms with van der Waals surface area (Å²) in [6.07, 6.45) is 4.95. The summed E-state index contributed by atoms with van der Waals surface area (Å²) in [6.45, 7) is 0. The van der Waals surface area contributed by atoms with Gasteiger partial charge in [0.25, 0.3) is 0 Å². The molecule has 1 aliphatic rings. The zero-order chi connectivity index (χ0) is 13.9. The summed E-state index contributed by atoms with van der Waals surface area (Å²) < 4.78 is 5.38. The minimum Gasteiger partial charge on any atom is -0.496 e. The number of benzene rings is 1. The molecular weight excluding hydrogens is 250 g/mol. The summed E-state index contributed by atoms with van der Waals surface area (Å²) in [5.74, 6) is 2.48. The fraction of sp³-hybridized carbons (Fsp3) is 0.375. The van der Waals surface area contributed by atoms with E-state index in [1.165, 1.54) is 25.7 Å². The maximum absolute atomic E-state index is 5.96. The molecule has 0 unspecified atom stereocenters. The highest BCUT2D eigenvalue weighted by Crippen LogP contribution is 2.35. The molecule has 1 aromatic carbocycles. The molecule has 0 atom stereocenters. The first-order chi connectivity index (χ1) is 9.78. The number of hydrogen-bond acceptors (Lipinski definition) is 4. The number of nitrogen functional groups attached to an aromatic ring is 1. The van der Waals surface area contributed by atoms with Crippen LogP contribution in [-0.2, 0) is 0 Å². The third kappa shape index (κ3) is 2.46. The molecule has 1 saturated carbocycles. The van der Waals surface area contributed by atoms with Gasteiger partial charge >= 0.3 is 0 Å². The van der Waals surface area contributed by atoms with E-state index in [0.717, 1.165) is 17.0 Å². The molecule has 20 heavy (non-hydrogen) atoms. The number of anilines is 1. The minimum absolute atomic E-state index is 0.522. The maximum atomic E-state index is 5.96. The number of rotatable bonds is 3. The predicted octanol–water partition coefficient (Wildman–Crippen LogP) is 3.39. The number of ether oxygens (including phenoxy) is 1. The van der Waals surface area contributed by atoms with Gasteiger partial charge in [-0.05, 0) is 25.0 Å². The second-order valence-electron chi connectivity index (χ2n) is 5.22. The van der Waals surface area contributed by atoms with E-state index in [2.05, 4.69) is 4.98 Å². The van der Waals surface area contributed by atoms with Gasteiger partial charge in [-0.25, -0.2) is 9.97 Å². The Morgan fingerprint density at radius 1 is 1.15 bits per heavy atom. The van der Waals surface area contributed by atoms with E-state index >= 15 is 0 Å². The van der Waals surface area contributed by atoms with Crippen molar-refractivity contribution in [3.8, 4) is 17.1 Å². The molecule has 104 valence electrons. The Morgan fingerprint density at radius 3 is 2.65 bits per heavy atom. The van der Waals surface area contributed by atoms with Gasteiger partial charge in [0.05, 0.1) is 12.7 Å². The maximum Gasteiger partial charge on any atom is 0.165 e. The van der Waals surface area contributed by atoms with Gasteiger partial charge in [0.1, 0.15) is 11.6 Å². The molecule has 0 aliphatic heterocycles. The molecule has 1 fully saturated rings. The molecule has 3 rings (SSSR count). The molecule has 1 aromatic heterocycles. The topological polar surface area (TPSA) is 61.0 Å². The van der Waals surface area contributed by atoms with E-state index < -0.39 is 0 Å². The van der Waals surface area contributed by atoms with E-state index in [4.69, 9.17) is 15.5 Å². The van der Waals surface area contributed by atoms with Crippen molar-refractivity contribution in [1.82, 2.24) is 9.97 Å². The van der Waals surface area contributed by atoms with Crippen molar-refractivity contribution in [1.29, 1.82) is 0 Å². The summed E-state index contributed by atoms with van der Waals surface area (Å²) in [7, 11) is 1.66. The molecule has 0 radical (unpaired) electrons. The third-order valence-corrected chi connectivity index (χ3v) is 3.89. The van der Waals surface area contributed by atoms with Crippen molar-refractivity contribution in [2.75, 3.05) is 12.8 Å². The summed E-state index contributed by atoms with van der Waals surface area (Å²) in [5.41, 5.74) is 7.92. The van der Waals surface area contributed by atoms with E-state index in [1.54, 1.807) is 7.11 Å². The third-order valence-electron chi connectivity index (χ3n) is 3.89. The van der Waals surface area contributed by atoms with Crippen molar-refractivity contribution >= 4 is 5.82 Å². The van der Waals surface area contributed by atoms with Crippen LogP contribution in [0.25, 0.3) is 11.4 Å². The summed E-state index contributed by atoms with van der Waals surface area (Å²) in [6, 6.07) is 9.68. The molecule has 4 nitrogen and oxygen atoms in total. The lowest BCUT2D eigenvalue weighted by molar-refractivity contribution is 0.416. The lowest BCUT2D eigenvalue weighted by Crippen LogP contribution is -2.04. The normalized spacial score (nSPS) is 15.4. The number of para-hydroxylation sites is 1. The fourth-order valence-electron chi connectivity index (χ4n) is 2.87. The fourth-order valence-corrected chi connectivity index (χ4v) is 2.87. The molecule has 4 heteroatoms. The molecule has 0 bridgehead atoms. The molecule has 0 amide bonds. The van der Waals surface area contributed by atoms with Gasteiger partial charge in [-0.1, -0.05) is 25.0 Å². The summed E-state index contributed by atoms with van der Waals surface area (Å²) in [5, 5.41) is 0. The first-order valence-electron chi connectivity index (χ1n) is 7.06. The van der Waals surface area contributed by atoms with Crippen molar-refractivity contribution < 1.29 is 4.74 Å². The van der Waals surface area contributed by atoms with Gasteiger partial charge in [-0.3, -0.25) is 0 Å². The molecule has 1 aliphatic carbocycles. The highest BCUT2D eigenvalue weighted by Gasteiger charge is 2.20. The zero-order valence-electron chi connectivity index (χ0n) is 11.7. The number of aromatic nitrogens is 2. The number of nitrogens with zero attached hydrogens (tertiary/aromatic N) is 2. The Bertz CT molecular complexity index is 606. The van der Waals surface area contributed by atoms with Crippen molar-refractivity contribution in [2.24, 2.45) is 0 Å². The van der Waals surface area contributed by atoms with Crippen LogP contribution < -0.4 is 10.5 Å². The van der Waals surface area contributed by atoms with Gasteiger partial charge in [0, 0.05) is 17.7 Å². The summed E-state index contributed by atoms with van der Waals surface area (Å²) >= 11 is 0. The van der Waals surface area contributed by atoms with E-state index in [9.17, 15) is 0 Å². The van der Waals surface area contributed by atoms with Crippen LogP contribution in [0.5, 0.6) is 5.75 Å². The quantitative estimate of drug-likeness (QED) is 0.927. The van der Waals surface area contributed by atoms with Crippen LogP contribution in [0.3, 0.4) is 0 Å². The smallest absolute Gasteiger partial charge is 0.165 e. The average molecular weight is 269 g/mol. The molecule has 0 spiro atoms. The lowest BCUT2D eigenvalue weighted by Gasteiger charge is -2.12. The van der Waals surface area contributed by atoms with Gasteiger partial charge in [0.15, 0.2) is 5.82 Å². The van der Waals surface area contributed by atoms with Crippen LogP contribution in [0.15, 0.2) is 30.3 Å². The Hall–Kier alpha value is -2.10. The van der Waals surface area contributed by atoms with Crippen molar-refractivity contribution in [2.45, 2.75) is 31.6 Å². The lowest BCUT2D eigenvalue weighted by atomic mass is 10.0. The average Bonchev–Trinajstić information content (AvgIpc) is 3.01. The molecule has 1 heterocycles. The summed E-state index contributed by atoms with van der Waals surface area (Å²) in [4.78, 5) is 9.09. The predicted molar refractivity (Wildman–Crippen MR) is 79.6 cm³/mol. The highest BCUT2D eigenvalue weighted by atomic mass is 16.5. The van der Waals surface area contributed by atoms with E-state index in [0.29, 0.717) is 17.6 Å². The zero-order valence-corrected chi connectivity index (χ0v) is 11.7. The van der Waals surface area contributed by atoms with Crippen LogP contribution in [0.4, 0.5) is 5.82 Å². The minimum atomic E-state index is 0.522. The first-order valence-corrected chi connectivity index (χ1v) is 7.06. The number of methoxy groups -OCH3 is 1. The largest absolute Gasteiger partial charge is 0.496 e. The van der Waals surface area contributed by atoms with Crippen LogP contribution in [0.1, 0.15) is 37.3 Å². The standard InChI is InChI=1S/C16H19N3O/c1-20-14-9-5-4-8-12(14)16-18-13(10-15(17)19-16)11-6-2-3-7-11/h4-5,8-11H,2-3,6-7H2,1H3,(H2,17,18,19).